The number of benzene rings is 1. The molecule has 1 aromatic heterocycles. The molecular formula is C19H27N5O4. The van der Waals surface area contributed by atoms with Gasteiger partial charge in [-0.15, -0.1) is 0 Å². The summed E-state index contributed by atoms with van der Waals surface area (Å²) < 4.78 is 15.3. The minimum absolute atomic E-state index is 0.0187. The first-order valence-electron chi connectivity index (χ1n) is 8.88. The van der Waals surface area contributed by atoms with Crippen LogP contribution >= 0.6 is 0 Å². The number of amides is 2. The van der Waals surface area contributed by atoms with Crippen molar-refractivity contribution in [1.82, 2.24) is 15.3 Å². The van der Waals surface area contributed by atoms with Gasteiger partial charge in [0.25, 0.3) is 0 Å². The highest BCUT2D eigenvalue weighted by atomic mass is 16.5. The lowest BCUT2D eigenvalue weighted by Gasteiger charge is -2.23. The Balaban J connectivity index is 2.30. The summed E-state index contributed by atoms with van der Waals surface area (Å²) in [6.07, 6.45) is 1.60. The van der Waals surface area contributed by atoms with Gasteiger partial charge in [-0.2, -0.15) is 4.98 Å². The van der Waals surface area contributed by atoms with Crippen molar-refractivity contribution in [2.45, 2.75) is 13.0 Å². The smallest absolute Gasteiger partial charge is 0.327 e. The fourth-order valence-corrected chi connectivity index (χ4v) is 2.48. The molecule has 9 heteroatoms. The molecule has 0 aliphatic heterocycles. The molecule has 0 saturated heterocycles. The van der Waals surface area contributed by atoms with Crippen molar-refractivity contribution in [2.75, 3.05) is 51.3 Å². The number of rotatable bonds is 10. The van der Waals surface area contributed by atoms with Gasteiger partial charge in [0.2, 0.25) is 5.95 Å². The lowest BCUT2D eigenvalue weighted by atomic mass is 10.2. The van der Waals surface area contributed by atoms with E-state index in [1.165, 1.54) is 4.90 Å². The van der Waals surface area contributed by atoms with Gasteiger partial charge in [0.1, 0.15) is 11.6 Å². The number of hydrogen-bond acceptors (Lipinski definition) is 7. The van der Waals surface area contributed by atoms with E-state index < -0.39 is 0 Å². The minimum Gasteiger partial charge on any atom is -0.497 e. The van der Waals surface area contributed by atoms with Gasteiger partial charge >= 0.3 is 6.03 Å². The molecule has 9 nitrogen and oxygen atoms in total. The molecule has 0 aliphatic carbocycles. The Morgan fingerprint density at radius 2 is 1.89 bits per heavy atom. The Bertz CT molecular complexity index is 741. The third-order valence-corrected chi connectivity index (χ3v) is 3.78. The Labute approximate surface area is 165 Å². The van der Waals surface area contributed by atoms with Gasteiger partial charge in [0, 0.05) is 39.1 Å². The summed E-state index contributed by atoms with van der Waals surface area (Å²) in [6.45, 7) is 3.25. The van der Waals surface area contributed by atoms with Crippen molar-refractivity contribution >= 4 is 23.5 Å². The molecule has 0 fully saturated rings. The van der Waals surface area contributed by atoms with Crippen molar-refractivity contribution in [3.05, 3.63) is 36.5 Å². The molecule has 0 radical (unpaired) electrons. The third kappa shape index (κ3) is 6.07. The van der Waals surface area contributed by atoms with Crippen LogP contribution in [0.1, 0.15) is 6.92 Å². The standard InChI is InChI=1S/C19H27N5O4/c1-14(13-27-3)22-18-20-10-9-17(23-18)24(19(25)21-11-12-26-2)15-5-7-16(28-4)8-6-15/h5-10,14H,11-13H2,1-4H3,(H,21,25)(H,20,22,23). The summed E-state index contributed by atoms with van der Waals surface area (Å²) in [5.74, 6) is 1.54. The first-order valence-corrected chi connectivity index (χ1v) is 8.88. The van der Waals surface area contributed by atoms with E-state index >= 15 is 0 Å². The average Bonchev–Trinajstić information content (AvgIpc) is 2.69. The Morgan fingerprint density at radius 3 is 2.54 bits per heavy atom. The number of methoxy groups -OCH3 is 3. The first kappa shape index (κ1) is 21.4. The van der Waals surface area contributed by atoms with Crippen molar-refractivity contribution in [3.8, 4) is 5.75 Å². The van der Waals surface area contributed by atoms with E-state index in [1.54, 1.807) is 57.9 Å². The largest absolute Gasteiger partial charge is 0.497 e. The van der Waals surface area contributed by atoms with E-state index in [1.807, 2.05) is 6.92 Å². The molecule has 0 saturated carbocycles. The number of anilines is 3. The molecule has 152 valence electrons. The van der Waals surface area contributed by atoms with Crippen molar-refractivity contribution in [2.24, 2.45) is 0 Å². The summed E-state index contributed by atoms with van der Waals surface area (Å²) in [5, 5.41) is 5.97. The topological polar surface area (TPSA) is 97.8 Å². The molecule has 0 bridgehead atoms. The number of carbonyl (C=O) groups is 1. The van der Waals surface area contributed by atoms with Crippen LogP contribution < -0.4 is 20.3 Å². The average molecular weight is 389 g/mol. The zero-order valence-electron chi connectivity index (χ0n) is 16.6. The number of aromatic nitrogens is 2. The van der Waals surface area contributed by atoms with Crippen molar-refractivity contribution < 1.29 is 19.0 Å². The third-order valence-electron chi connectivity index (χ3n) is 3.78. The maximum absolute atomic E-state index is 12.8. The van der Waals surface area contributed by atoms with Gasteiger partial charge in [-0.3, -0.25) is 0 Å². The minimum atomic E-state index is -0.322. The van der Waals surface area contributed by atoms with Crippen molar-refractivity contribution in [3.63, 3.8) is 0 Å². The van der Waals surface area contributed by atoms with Crippen LogP contribution in [0, 0.1) is 0 Å². The molecule has 2 rings (SSSR count). The van der Waals surface area contributed by atoms with Crippen LogP contribution in [0.25, 0.3) is 0 Å². The molecule has 2 N–H and O–H groups in total. The molecule has 1 aromatic carbocycles. The molecule has 28 heavy (non-hydrogen) atoms. The lowest BCUT2D eigenvalue weighted by Crippen LogP contribution is -2.39. The van der Waals surface area contributed by atoms with Gasteiger partial charge in [-0.1, -0.05) is 0 Å². The number of hydrogen-bond donors (Lipinski definition) is 2. The van der Waals surface area contributed by atoms with Gasteiger partial charge < -0.3 is 24.8 Å². The molecular weight excluding hydrogens is 362 g/mol. The van der Waals surface area contributed by atoms with Crippen LogP contribution in [0.4, 0.5) is 22.2 Å². The molecule has 0 spiro atoms. The first-order chi connectivity index (χ1) is 13.6. The fraction of sp³-hybridized carbons (Fsp3) is 0.421. The van der Waals surface area contributed by atoms with E-state index in [0.717, 1.165) is 0 Å². The number of nitrogens with one attached hydrogen (secondary N) is 2. The summed E-state index contributed by atoms with van der Waals surface area (Å²) >= 11 is 0. The van der Waals surface area contributed by atoms with Crippen LogP contribution in [0.3, 0.4) is 0 Å². The summed E-state index contributed by atoms with van der Waals surface area (Å²) in [6, 6.07) is 8.51. The zero-order chi connectivity index (χ0) is 20.4. The molecule has 2 amide bonds. The van der Waals surface area contributed by atoms with E-state index in [4.69, 9.17) is 14.2 Å². The van der Waals surface area contributed by atoms with Gasteiger partial charge in [0.15, 0.2) is 0 Å². The number of carbonyl (C=O) groups excluding carboxylic acids is 1. The molecule has 1 heterocycles. The Hall–Kier alpha value is -2.91. The van der Waals surface area contributed by atoms with Gasteiger partial charge in [-0.25, -0.2) is 14.7 Å². The number of urea groups is 1. The van der Waals surface area contributed by atoms with E-state index in [-0.39, 0.29) is 12.1 Å². The lowest BCUT2D eigenvalue weighted by molar-refractivity contribution is 0.190. The molecule has 1 atom stereocenters. The summed E-state index contributed by atoms with van der Waals surface area (Å²) in [7, 11) is 4.80. The van der Waals surface area contributed by atoms with E-state index in [0.29, 0.717) is 43.0 Å². The van der Waals surface area contributed by atoms with E-state index in [2.05, 4.69) is 20.6 Å². The normalized spacial score (nSPS) is 11.6. The van der Waals surface area contributed by atoms with Crippen LogP contribution in [0.5, 0.6) is 5.75 Å². The quantitative estimate of drug-likeness (QED) is 0.602. The summed E-state index contributed by atoms with van der Waals surface area (Å²) in [5.41, 5.74) is 0.644. The Kier molecular flexibility index (Phi) is 8.44. The highest BCUT2D eigenvalue weighted by molar-refractivity contribution is 5.98. The maximum atomic E-state index is 12.8. The van der Waals surface area contributed by atoms with Crippen LogP contribution in [0.2, 0.25) is 0 Å². The second-order valence-corrected chi connectivity index (χ2v) is 6.00. The number of ether oxygens (including phenoxy) is 3. The van der Waals surface area contributed by atoms with Crippen LogP contribution in [-0.4, -0.2) is 63.1 Å². The molecule has 1 unspecified atom stereocenters. The Morgan fingerprint density at radius 1 is 1.14 bits per heavy atom. The predicted molar refractivity (Wildman–Crippen MR) is 107 cm³/mol. The van der Waals surface area contributed by atoms with E-state index in [9.17, 15) is 4.79 Å². The predicted octanol–water partition coefficient (Wildman–Crippen LogP) is 2.43. The van der Waals surface area contributed by atoms with Gasteiger partial charge in [0.05, 0.1) is 26.0 Å². The molecule has 0 aliphatic rings. The zero-order valence-corrected chi connectivity index (χ0v) is 16.6. The van der Waals surface area contributed by atoms with Gasteiger partial charge in [-0.05, 0) is 31.2 Å². The maximum Gasteiger partial charge on any atom is 0.327 e. The van der Waals surface area contributed by atoms with Crippen molar-refractivity contribution in [1.29, 1.82) is 0 Å². The SMILES string of the molecule is COCCNC(=O)N(c1ccc(OC)cc1)c1ccnc(NC(C)COC)n1. The fourth-order valence-electron chi connectivity index (χ4n) is 2.48. The summed E-state index contributed by atoms with van der Waals surface area (Å²) in [4.78, 5) is 23.0. The highest BCUT2D eigenvalue weighted by Gasteiger charge is 2.20. The number of nitrogens with zero attached hydrogens (tertiary/aromatic N) is 3. The second-order valence-electron chi connectivity index (χ2n) is 6.00. The molecule has 2 aromatic rings. The van der Waals surface area contributed by atoms with Crippen LogP contribution in [-0.2, 0) is 9.47 Å². The highest BCUT2D eigenvalue weighted by Crippen LogP contribution is 2.26. The van der Waals surface area contributed by atoms with Crippen LogP contribution in [0.15, 0.2) is 36.5 Å². The second kappa shape index (κ2) is 11.1. The monoisotopic (exact) mass is 389 g/mol.